The van der Waals surface area contributed by atoms with Crippen molar-refractivity contribution in [2.45, 2.75) is 18.4 Å². The Morgan fingerprint density at radius 3 is 2.57 bits per heavy atom. The predicted molar refractivity (Wildman–Crippen MR) is 92.3 cm³/mol. The van der Waals surface area contributed by atoms with Crippen molar-refractivity contribution >= 4 is 47.5 Å². The van der Waals surface area contributed by atoms with Gasteiger partial charge in [-0.3, -0.25) is 0 Å². The van der Waals surface area contributed by atoms with E-state index >= 15 is 0 Å². The highest BCUT2D eigenvalue weighted by molar-refractivity contribution is 9.10. The number of rotatable bonds is 3. The Hall–Kier alpha value is -1.51. The summed E-state index contributed by atoms with van der Waals surface area (Å²) < 4.78 is 45.4. The van der Waals surface area contributed by atoms with Crippen molar-refractivity contribution in [2.75, 3.05) is 0 Å². The van der Waals surface area contributed by atoms with Gasteiger partial charge in [0.1, 0.15) is 5.82 Å². The number of aryl methyl sites for hydroxylation is 1. The summed E-state index contributed by atoms with van der Waals surface area (Å²) in [6.07, 6.45) is 0. The van der Waals surface area contributed by atoms with E-state index in [-0.39, 0.29) is 4.90 Å². The van der Waals surface area contributed by atoms with Gasteiger partial charge >= 0.3 is 0 Å². The maximum absolute atomic E-state index is 13.0. The number of halogens is 2. The van der Waals surface area contributed by atoms with E-state index in [0.717, 1.165) is 26.8 Å². The van der Waals surface area contributed by atoms with E-state index in [1.807, 2.05) is 29.7 Å². The van der Waals surface area contributed by atoms with Crippen LogP contribution < -0.4 is 4.80 Å². The van der Waals surface area contributed by atoms with E-state index in [1.54, 1.807) is 0 Å². The van der Waals surface area contributed by atoms with Gasteiger partial charge < -0.3 is 4.57 Å². The van der Waals surface area contributed by atoms with Gasteiger partial charge in [0.2, 0.25) is 4.80 Å². The molecule has 0 unspecified atom stereocenters. The molecule has 0 radical (unpaired) electrons. The normalized spacial score (nSPS) is 12.9. The highest BCUT2D eigenvalue weighted by Gasteiger charge is 2.14. The molecule has 3 aromatic rings. The van der Waals surface area contributed by atoms with Crippen molar-refractivity contribution in [1.82, 2.24) is 4.57 Å². The van der Waals surface area contributed by atoms with Crippen LogP contribution in [0.15, 0.2) is 56.2 Å². The van der Waals surface area contributed by atoms with Crippen LogP contribution in [0.25, 0.3) is 10.2 Å². The Morgan fingerprint density at radius 2 is 1.91 bits per heavy atom. The van der Waals surface area contributed by atoms with Gasteiger partial charge in [0.25, 0.3) is 10.0 Å². The van der Waals surface area contributed by atoms with E-state index in [9.17, 15) is 12.8 Å². The van der Waals surface area contributed by atoms with Gasteiger partial charge in [-0.15, -0.1) is 4.40 Å². The van der Waals surface area contributed by atoms with Crippen molar-refractivity contribution in [3.63, 3.8) is 0 Å². The zero-order chi connectivity index (χ0) is 16.6. The minimum atomic E-state index is -3.88. The molecule has 3 rings (SSSR count). The van der Waals surface area contributed by atoms with Crippen LogP contribution in [0.4, 0.5) is 4.39 Å². The summed E-state index contributed by atoms with van der Waals surface area (Å²) in [6.45, 7) is 2.52. The molecule has 0 N–H and O–H groups in total. The molecule has 4 nitrogen and oxygen atoms in total. The first kappa shape index (κ1) is 16.4. The first-order valence-electron chi connectivity index (χ1n) is 6.76. The maximum atomic E-state index is 13.0. The summed E-state index contributed by atoms with van der Waals surface area (Å²) in [5.74, 6) is -0.487. The van der Waals surface area contributed by atoms with Crippen LogP contribution in [0.3, 0.4) is 0 Å². The standard InChI is InChI=1S/C15H12BrFN2O2S2/c1-2-19-13-8-3-10(16)9-14(13)22-15(19)18-23(20,21)12-6-4-11(17)5-7-12/h3-9H,2H2,1H3. The number of aromatic nitrogens is 1. The number of hydrogen-bond donors (Lipinski definition) is 0. The molecule has 1 heterocycles. The molecule has 0 aliphatic rings. The molecule has 0 aliphatic carbocycles. The maximum Gasteiger partial charge on any atom is 0.285 e. The van der Waals surface area contributed by atoms with Crippen LogP contribution in [0.5, 0.6) is 0 Å². The first-order valence-corrected chi connectivity index (χ1v) is 9.81. The lowest BCUT2D eigenvalue weighted by Crippen LogP contribution is -2.16. The zero-order valence-corrected chi connectivity index (χ0v) is 15.3. The minimum Gasteiger partial charge on any atom is -0.316 e. The van der Waals surface area contributed by atoms with Crippen molar-refractivity contribution in [2.24, 2.45) is 4.40 Å². The molecule has 0 fully saturated rings. The van der Waals surface area contributed by atoms with Gasteiger partial charge in [0.15, 0.2) is 0 Å². The summed E-state index contributed by atoms with van der Waals surface area (Å²) >= 11 is 4.71. The number of benzene rings is 2. The largest absolute Gasteiger partial charge is 0.316 e. The second kappa shape index (κ2) is 6.18. The number of sulfonamides is 1. The molecule has 120 valence electrons. The van der Waals surface area contributed by atoms with Gasteiger partial charge in [-0.25, -0.2) is 4.39 Å². The van der Waals surface area contributed by atoms with E-state index in [1.165, 1.54) is 23.5 Å². The Kier molecular flexibility index (Phi) is 4.39. The fraction of sp³-hybridized carbons (Fsp3) is 0.133. The molecule has 0 saturated carbocycles. The summed E-state index contributed by atoms with van der Waals surface area (Å²) in [5.41, 5.74) is 0.925. The molecule has 2 aromatic carbocycles. The predicted octanol–water partition coefficient (Wildman–Crippen LogP) is 3.91. The van der Waals surface area contributed by atoms with Crippen LogP contribution in [-0.4, -0.2) is 13.0 Å². The average Bonchev–Trinajstić information content (AvgIpc) is 2.82. The Morgan fingerprint density at radius 1 is 1.22 bits per heavy atom. The quantitative estimate of drug-likeness (QED) is 0.651. The molecule has 0 amide bonds. The number of nitrogens with zero attached hydrogens (tertiary/aromatic N) is 2. The van der Waals surface area contributed by atoms with E-state index in [0.29, 0.717) is 11.3 Å². The Bertz CT molecular complexity index is 1040. The van der Waals surface area contributed by atoms with Crippen LogP contribution in [0.2, 0.25) is 0 Å². The molecule has 0 aliphatic heterocycles. The first-order chi connectivity index (χ1) is 10.9. The summed E-state index contributed by atoms with van der Waals surface area (Å²) in [5, 5.41) is 0. The molecule has 0 atom stereocenters. The molecule has 23 heavy (non-hydrogen) atoms. The molecule has 0 spiro atoms. The fourth-order valence-electron chi connectivity index (χ4n) is 2.18. The SMILES string of the molecule is CCn1c(=NS(=O)(=O)c2ccc(F)cc2)sc2cc(Br)ccc21. The topological polar surface area (TPSA) is 51.4 Å². The molecule has 0 bridgehead atoms. The van der Waals surface area contributed by atoms with Crippen molar-refractivity contribution < 1.29 is 12.8 Å². The number of thiazole rings is 1. The molecule has 8 heteroatoms. The average molecular weight is 415 g/mol. The third kappa shape index (κ3) is 3.24. The van der Waals surface area contributed by atoms with Gasteiger partial charge in [-0.05, 0) is 49.4 Å². The molecular formula is C15H12BrFN2O2S2. The lowest BCUT2D eigenvalue weighted by atomic mass is 10.3. The number of fused-ring (bicyclic) bond motifs is 1. The van der Waals surface area contributed by atoms with Crippen molar-refractivity contribution in [1.29, 1.82) is 0 Å². The van der Waals surface area contributed by atoms with Crippen LogP contribution >= 0.6 is 27.3 Å². The fourth-order valence-corrected chi connectivity index (χ4v) is 5.03. The Balaban J connectivity index is 2.22. The van der Waals surface area contributed by atoms with Crippen LogP contribution in [-0.2, 0) is 16.6 Å². The Labute approximate surface area is 145 Å². The van der Waals surface area contributed by atoms with Crippen LogP contribution in [0.1, 0.15) is 6.92 Å². The molecule has 1 aromatic heterocycles. The third-order valence-electron chi connectivity index (χ3n) is 3.27. The highest BCUT2D eigenvalue weighted by atomic mass is 79.9. The second-order valence-corrected chi connectivity index (χ2v) is 8.29. The lowest BCUT2D eigenvalue weighted by Gasteiger charge is -2.01. The van der Waals surface area contributed by atoms with Crippen molar-refractivity contribution in [3.8, 4) is 0 Å². The summed E-state index contributed by atoms with van der Waals surface area (Å²) in [6, 6.07) is 10.4. The smallest absolute Gasteiger partial charge is 0.285 e. The molecule has 0 saturated heterocycles. The van der Waals surface area contributed by atoms with Gasteiger partial charge in [0, 0.05) is 11.0 Å². The van der Waals surface area contributed by atoms with E-state index < -0.39 is 15.8 Å². The van der Waals surface area contributed by atoms with Gasteiger partial charge in [-0.2, -0.15) is 8.42 Å². The summed E-state index contributed by atoms with van der Waals surface area (Å²) in [7, 11) is -3.88. The van der Waals surface area contributed by atoms with Gasteiger partial charge in [-0.1, -0.05) is 27.3 Å². The zero-order valence-electron chi connectivity index (χ0n) is 12.0. The van der Waals surface area contributed by atoms with E-state index in [2.05, 4.69) is 20.3 Å². The van der Waals surface area contributed by atoms with Gasteiger partial charge in [0.05, 0.1) is 15.1 Å². The lowest BCUT2D eigenvalue weighted by molar-refractivity contribution is 0.594. The minimum absolute atomic E-state index is 0.0276. The van der Waals surface area contributed by atoms with Crippen molar-refractivity contribution in [3.05, 3.63) is 57.6 Å². The molecular weight excluding hydrogens is 403 g/mol. The number of hydrogen-bond acceptors (Lipinski definition) is 3. The van der Waals surface area contributed by atoms with E-state index in [4.69, 9.17) is 0 Å². The monoisotopic (exact) mass is 414 g/mol. The second-order valence-electron chi connectivity index (χ2n) is 4.76. The highest BCUT2D eigenvalue weighted by Crippen LogP contribution is 2.22. The van der Waals surface area contributed by atoms with Crippen LogP contribution in [0, 0.1) is 5.82 Å². The third-order valence-corrected chi connectivity index (χ3v) is 6.20. The summed E-state index contributed by atoms with van der Waals surface area (Å²) in [4.78, 5) is 0.366.